The van der Waals surface area contributed by atoms with Crippen molar-refractivity contribution < 1.29 is 10.0 Å². The predicted molar refractivity (Wildman–Crippen MR) is 70.6 cm³/mol. The van der Waals surface area contributed by atoms with E-state index < -0.39 is 6.04 Å². The van der Waals surface area contributed by atoms with Crippen molar-refractivity contribution in [3.63, 3.8) is 0 Å². The predicted octanol–water partition coefficient (Wildman–Crippen LogP) is 1.53. The third kappa shape index (κ3) is 4.81. The fourth-order valence-corrected chi connectivity index (χ4v) is 2.28. The Morgan fingerprint density at radius 1 is 1.44 bits per heavy atom. The van der Waals surface area contributed by atoms with Gasteiger partial charge < -0.3 is 21.6 Å². The Morgan fingerprint density at radius 3 is 2.67 bits per heavy atom. The normalized spacial score (nSPS) is 19.3. The zero-order chi connectivity index (χ0) is 13.4. The van der Waals surface area contributed by atoms with Gasteiger partial charge in [-0.25, -0.2) is 4.79 Å². The van der Waals surface area contributed by atoms with Crippen molar-refractivity contribution in [2.75, 3.05) is 0 Å². The summed E-state index contributed by atoms with van der Waals surface area (Å²) < 4.78 is 0. The summed E-state index contributed by atoms with van der Waals surface area (Å²) in [5, 5.41) is 17.3. The van der Waals surface area contributed by atoms with Crippen LogP contribution in [0.15, 0.2) is 5.16 Å². The van der Waals surface area contributed by atoms with Crippen molar-refractivity contribution in [1.29, 1.82) is 0 Å². The molecule has 104 valence electrons. The summed E-state index contributed by atoms with van der Waals surface area (Å²) in [6.45, 7) is 1.98. The number of nitrogens with one attached hydrogen (secondary N) is 2. The number of hydrogen-bond acceptors (Lipinski definition) is 3. The van der Waals surface area contributed by atoms with Crippen LogP contribution in [0.25, 0.3) is 0 Å². The Balaban J connectivity index is 2.40. The minimum atomic E-state index is -0.399. The van der Waals surface area contributed by atoms with Crippen molar-refractivity contribution in [1.82, 2.24) is 10.6 Å². The highest BCUT2D eigenvalue weighted by Gasteiger charge is 2.19. The van der Waals surface area contributed by atoms with Gasteiger partial charge in [0.1, 0.15) is 0 Å². The molecule has 0 heterocycles. The van der Waals surface area contributed by atoms with E-state index in [4.69, 9.17) is 10.9 Å². The van der Waals surface area contributed by atoms with Crippen LogP contribution in [-0.4, -0.2) is 29.2 Å². The lowest BCUT2D eigenvalue weighted by atomic mass is 9.96. The molecule has 0 aliphatic heterocycles. The van der Waals surface area contributed by atoms with Crippen LogP contribution in [0.3, 0.4) is 0 Å². The Kier molecular flexibility index (Phi) is 6.32. The third-order valence-corrected chi connectivity index (χ3v) is 3.30. The van der Waals surface area contributed by atoms with E-state index in [2.05, 4.69) is 15.8 Å². The van der Waals surface area contributed by atoms with Crippen molar-refractivity contribution in [3.8, 4) is 0 Å². The molecule has 1 aliphatic carbocycles. The molecule has 18 heavy (non-hydrogen) atoms. The molecule has 5 N–H and O–H groups in total. The summed E-state index contributed by atoms with van der Waals surface area (Å²) in [6, 6.07) is -0.371. The van der Waals surface area contributed by atoms with Crippen LogP contribution in [0.4, 0.5) is 4.79 Å². The van der Waals surface area contributed by atoms with Gasteiger partial charge in [0.25, 0.3) is 0 Å². The molecule has 1 fully saturated rings. The fourth-order valence-electron chi connectivity index (χ4n) is 2.28. The molecule has 0 radical (unpaired) electrons. The van der Waals surface area contributed by atoms with Gasteiger partial charge in [-0.2, -0.15) is 0 Å². The second-order valence-electron chi connectivity index (χ2n) is 4.82. The maximum atomic E-state index is 11.8. The van der Waals surface area contributed by atoms with E-state index in [1.807, 2.05) is 6.92 Å². The minimum Gasteiger partial charge on any atom is -0.409 e. The fraction of sp³-hybridized carbons (Fsp3) is 0.833. The number of carbonyl (C=O) groups is 1. The first kappa shape index (κ1) is 14.6. The zero-order valence-corrected chi connectivity index (χ0v) is 11.0. The van der Waals surface area contributed by atoms with Crippen LogP contribution in [0.2, 0.25) is 0 Å². The molecule has 6 nitrogen and oxygen atoms in total. The smallest absolute Gasteiger partial charge is 0.315 e. The molecule has 0 bridgehead atoms. The van der Waals surface area contributed by atoms with Crippen LogP contribution in [-0.2, 0) is 0 Å². The lowest BCUT2D eigenvalue weighted by Gasteiger charge is -2.24. The highest BCUT2D eigenvalue weighted by Crippen LogP contribution is 2.17. The molecule has 2 amide bonds. The van der Waals surface area contributed by atoms with Crippen molar-refractivity contribution in [2.45, 2.75) is 64.0 Å². The molecule has 0 saturated heterocycles. The third-order valence-electron chi connectivity index (χ3n) is 3.30. The number of nitrogens with zero attached hydrogens (tertiary/aromatic N) is 1. The quantitative estimate of drug-likeness (QED) is 0.260. The summed E-state index contributed by atoms with van der Waals surface area (Å²) in [4.78, 5) is 11.8. The second-order valence-corrected chi connectivity index (χ2v) is 4.82. The summed E-state index contributed by atoms with van der Waals surface area (Å²) in [5.41, 5.74) is 5.54. The van der Waals surface area contributed by atoms with Crippen LogP contribution in [0, 0.1) is 0 Å². The van der Waals surface area contributed by atoms with E-state index >= 15 is 0 Å². The number of rotatable bonds is 5. The Morgan fingerprint density at radius 2 is 2.11 bits per heavy atom. The molecule has 1 aliphatic rings. The number of nitrogens with two attached hydrogens (primary N) is 1. The second kappa shape index (κ2) is 7.79. The van der Waals surface area contributed by atoms with Gasteiger partial charge in [0, 0.05) is 6.04 Å². The summed E-state index contributed by atoms with van der Waals surface area (Å²) in [5.74, 6) is 0.0515. The van der Waals surface area contributed by atoms with E-state index in [-0.39, 0.29) is 17.9 Å². The van der Waals surface area contributed by atoms with Gasteiger partial charge in [0.2, 0.25) is 0 Å². The molecule has 0 aromatic rings. The lowest BCUT2D eigenvalue weighted by molar-refractivity contribution is 0.230. The van der Waals surface area contributed by atoms with Crippen LogP contribution < -0.4 is 16.4 Å². The summed E-state index contributed by atoms with van der Waals surface area (Å²) >= 11 is 0. The SMILES string of the molecule is CCCC(NC(=O)NC1CCCCC1)/C(N)=N/O. The molecule has 1 atom stereocenters. The molecule has 1 rings (SSSR count). The molecule has 0 aromatic carbocycles. The maximum Gasteiger partial charge on any atom is 0.315 e. The van der Waals surface area contributed by atoms with Gasteiger partial charge in [-0.15, -0.1) is 0 Å². The first-order valence-electron chi connectivity index (χ1n) is 6.71. The van der Waals surface area contributed by atoms with E-state index in [1.54, 1.807) is 0 Å². The lowest BCUT2D eigenvalue weighted by Crippen LogP contribution is -2.51. The Bertz CT molecular complexity index is 288. The van der Waals surface area contributed by atoms with Gasteiger partial charge in [0.05, 0.1) is 6.04 Å². The highest BCUT2D eigenvalue weighted by atomic mass is 16.4. The number of urea groups is 1. The molecule has 1 unspecified atom stereocenters. The molecular weight excluding hydrogens is 232 g/mol. The van der Waals surface area contributed by atoms with Crippen LogP contribution in [0.1, 0.15) is 51.9 Å². The summed E-state index contributed by atoms with van der Waals surface area (Å²) in [7, 11) is 0. The topological polar surface area (TPSA) is 99.7 Å². The first-order chi connectivity index (χ1) is 8.67. The maximum absolute atomic E-state index is 11.8. The summed E-state index contributed by atoms with van der Waals surface area (Å²) in [6.07, 6.45) is 7.18. The molecule has 0 aromatic heterocycles. The number of carbonyl (C=O) groups excluding carboxylic acids is 1. The Hall–Kier alpha value is -1.46. The van der Waals surface area contributed by atoms with E-state index in [9.17, 15) is 4.79 Å². The molecule has 0 spiro atoms. The van der Waals surface area contributed by atoms with Gasteiger partial charge >= 0.3 is 6.03 Å². The number of amidine groups is 1. The highest BCUT2D eigenvalue weighted by molar-refractivity contribution is 5.89. The van der Waals surface area contributed by atoms with Gasteiger partial charge in [0.15, 0.2) is 5.84 Å². The van der Waals surface area contributed by atoms with Gasteiger partial charge in [-0.1, -0.05) is 37.8 Å². The Labute approximate surface area is 108 Å². The average molecular weight is 256 g/mol. The monoisotopic (exact) mass is 256 g/mol. The minimum absolute atomic E-state index is 0.0515. The largest absolute Gasteiger partial charge is 0.409 e. The van der Waals surface area contributed by atoms with E-state index in [0.29, 0.717) is 6.42 Å². The number of oxime groups is 1. The van der Waals surface area contributed by atoms with Gasteiger partial charge in [-0.05, 0) is 19.3 Å². The van der Waals surface area contributed by atoms with Crippen molar-refractivity contribution >= 4 is 11.9 Å². The number of hydrogen-bond donors (Lipinski definition) is 4. The average Bonchev–Trinajstić information content (AvgIpc) is 2.38. The molecular formula is C12H24N4O2. The first-order valence-corrected chi connectivity index (χ1v) is 6.71. The van der Waals surface area contributed by atoms with Crippen LogP contribution >= 0.6 is 0 Å². The van der Waals surface area contributed by atoms with E-state index in [0.717, 1.165) is 19.3 Å². The molecule has 1 saturated carbocycles. The van der Waals surface area contributed by atoms with Crippen molar-refractivity contribution in [3.05, 3.63) is 0 Å². The standard InChI is InChI=1S/C12H24N4O2/c1-2-6-10(11(13)16-18)15-12(17)14-9-7-4-3-5-8-9/h9-10,18H,2-8H2,1H3,(H2,13,16)(H2,14,15,17). The van der Waals surface area contributed by atoms with Crippen molar-refractivity contribution in [2.24, 2.45) is 10.9 Å². The number of amides is 2. The van der Waals surface area contributed by atoms with E-state index in [1.165, 1.54) is 19.3 Å². The zero-order valence-electron chi connectivity index (χ0n) is 11.0. The molecule has 6 heteroatoms. The van der Waals surface area contributed by atoms with Gasteiger partial charge in [-0.3, -0.25) is 0 Å². The van der Waals surface area contributed by atoms with Crippen LogP contribution in [0.5, 0.6) is 0 Å².